The average molecular weight is 512 g/mol. The molecule has 5 atom stereocenters. The molecule has 0 bridgehead atoms. The fourth-order valence-electron chi connectivity index (χ4n) is 4.30. The smallest absolute Gasteiger partial charge is 0.226 e. The maximum Gasteiger partial charge on any atom is 0.226 e. The van der Waals surface area contributed by atoms with Gasteiger partial charge < -0.3 is 20.7 Å². The van der Waals surface area contributed by atoms with E-state index in [4.69, 9.17) is 33.7 Å². The first-order valence-corrected chi connectivity index (χ1v) is 12.2. The van der Waals surface area contributed by atoms with Crippen LogP contribution in [0.5, 0.6) is 0 Å². The minimum absolute atomic E-state index is 0.0472. The molecule has 0 amide bonds. The highest BCUT2D eigenvalue weighted by molar-refractivity contribution is 8.00. The molecule has 5 heterocycles. The molecule has 2 aliphatic heterocycles. The first kappa shape index (κ1) is 23.0. The zero-order chi connectivity index (χ0) is 23.1. The van der Waals surface area contributed by atoms with E-state index in [1.54, 1.807) is 12.4 Å². The second-order valence-corrected chi connectivity index (χ2v) is 10.2. The number of nitrogens with zero attached hydrogens (tertiary/aromatic N) is 6. The fourth-order valence-corrected chi connectivity index (χ4v) is 5.98. The van der Waals surface area contributed by atoms with Crippen LogP contribution in [0.15, 0.2) is 35.7 Å². The Morgan fingerprint density at radius 2 is 1.88 bits per heavy atom. The van der Waals surface area contributed by atoms with Crippen molar-refractivity contribution in [1.29, 1.82) is 0 Å². The lowest BCUT2D eigenvalue weighted by molar-refractivity contribution is -0.0532. The van der Waals surface area contributed by atoms with Gasteiger partial charge in [-0.3, -0.25) is 14.5 Å². The van der Waals surface area contributed by atoms with Crippen LogP contribution in [0.3, 0.4) is 0 Å². The molecule has 0 aromatic carbocycles. The van der Waals surface area contributed by atoms with E-state index < -0.39 is 30.0 Å². The highest BCUT2D eigenvalue weighted by Gasteiger charge is 2.49. The number of thioether (sulfide) groups is 1. The summed E-state index contributed by atoms with van der Waals surface area (Å²) in [5.74, 6) is 0.121. The molecule has 5 rings (SSSR count). The molecule has 3 aromatic heterocycles. The number of hydrogen-bond acceptors (Lipinski definition) is 10. The van der Waals surface area contributed by atoms with Crippen LogP contribution in [0.2, 0.25) is 5.28 Å². The van der Waals surface area contributed by atoms with Gasteiger partial charge in [0.15, 0.2) is 17.7 Å². The summed E-state index contributed by atoms with van der Waals surface area (Å²) in [6.07, 6.45) is 2.76. The molecule has 0 spiro atoms. The quantitative estimate of drug-likeness (QED) is 0.264. The molecule has 4 N–H and O–H groups in total. The highest BCUT2D eigenvalue weighted by Crippen LogP contribution is 2.37. The largest absolute Gasteiger partial charge is 0.387 e. The van der Waals surface area contributed by atoms with Crippen molar-refractivity contribution in [3.63, 3.8) is 0 Å². The van der Waals surface area contributed by atoms with E-state index in [-0.39, 0.29) is 11.1 Å². The number of piperidine rings is 1. The molecule has 3 aromatic rings. The van der Waals surface area contributed by atoms with Gasteiger partial charge in [0, 0.05) is 35.6 Å². The molecule has 0 radical (unpaired) electrons. The number of likely N-dealkylation sites (tertiary alicyclic amines) is 1. The van der Waals surface area contributed by atoms with Crippen LogP contribution < -0.4 is 5.73 Å². The van der Waals surface area contributed by atoms with E-state index in [9.17, 15) is 10.2 Å². The van der Waals surface area contributed by atoms with Gasteiger partial charge in [-0.25, -0.2) is 4.98 Å². The van der Waals surface area contributed by atoms with Crippen LogP contribution in [0.25, 0.3) is 11.2 Å². The van der Waals surface area contributed by atoms with Gasteiger partial charge in [-0.1, -0.05) is 0 Å². The van der Waals surface area contributed by atoms with Crippen molar-refractivity contribution >= 4 is 51.9 Å². The molecule has 10 nitrogen and oxygen atoms in total. The first-order valence-electron chi connectivity index (χ1n) is 10.5. The average Bonchev–Trinajstić information content (AvgIpc) is 3.36. The summed E-state index contributed by atoms with van der Waals surface area (Å²) in [6.45, 7) is 1.52. The standard InChI is InChI=1S/C20H23Cl2N7O3S/c21-16(28-7-3-11(4-8-28)33-10-1-5-24-6-2-10)15-13(30)14(31)19(32-15)29-9-25-12-17(23)26-20(22)27-18(12)29/h1-2,5-6,9,11,13-16,19,30-31H,3-4,7-8H2,(H2,23,26,27)/t13-,14+,15-,16?,19+/m0/s1. The van der Waals surface area contributed by atoms with E-state index in [2.05, 4.69) is 24.8 Å². The third kappa shape index (κ3) is 4.51. The topological polar surface area (TPSA) is 135 Å². The van der Waals surface area contributed by atoms with Crippen molar-refractivity contribution in [3.8, 4) is 0 Å². The van der Waals surface area contributed by atoms with E-state index in [0.29, 0.717) is 16.4 Å². The summed E-state index contributed by atoms with van der Waals surface area (Å²) in [4.78, 5) is 19.6. The Kier molecular flexibility index (Phi) is 6.62. The van der Waals surface area contributed by atoms with Crippen molar-refractivity contribution in [3.05, 3.63) is 36.1 Å². The Labute approximate surface area is 204 Å². The molecule has 0 aliphatic carbocycles. The van der Waals surface area contributed by atoms with Gasteiger partial charge in [0.2, 0.25) is 5.28 Å². The van der Waals surface area contributed by atoms with E-state index in [1.165, 1.54) is 15.8 Å². The number of imidazole rings is 1. The molecule has 1 unspecified atom stereocenters. The van der Waals surface area contributed by atoms with Crippen LogP contribution in [0.4, 0.5) is 5.82 Å². The number of halogens is 2. The number of anilines is 1. The van der Waals surface area contributed by atoms with Gasteiger partial charge in [-0.2, -0.15) is 9.97 Å². The van der Waals surface area contributed by atoms with Crippen LogP contribution in [0.1, 0.15) is 19.1 Å². The van der Waals surface area contributed by atoms with Gasteiger partial charge in [0.25, 0.3) is 0 Å². The zero-order valence-electron chi connectivity index (χ0n) is 17.4. The second-order valence-electron chi connectivity index (χ2n) is 8.08. The minimum atomic E-state index is -1.23. The van der Waals surface area contributed by atoms with E-state index in [1.807, 2.05) is 23.9 Å². The Balaban J connectivity index is 1.26. The molecule has 13 heteroatoms. The summed E-state index contributed by atoms with van der Waals surface area (Å²) >= 11 is 14.5. The molecule has 176 valence electrons. The van der Waals surface area contributed by atoms with Crippen molar-refractivity contribution in [2.45, 2.75) is 53.0 Å². The predicted octanol–water partition coefficient (Wildman–Crippen LogP) is 1.90. The molecular formula is C20H23Cl2N7O3S. The third-order valence-electron chi connectivity index (χ3n) is 6.02. The van der Waals surface area contributed by atoms with Crippen LogP contribution in [-0.2, 0) is 4.74 Å². The number of pyridine rings is 1. The Hall–Kier alpha value is -1.73. The SMILES string of the molecule is Nc1nc(Cl)nc2c1ncn2[C@@H]1O[C@H](C(Cl)N2CCC(Sc3ccncc3)CC2)[C@@H](O)[C@H]1O. The number of aromatic nitrogens is 5. The second kappa shape index (κ2) is 9.49. The van der Waals surface area contributed by atoms with Gasteiger partial charge in [0.05, 0.1) is 6.33 Å². The molecule has 2 fully saturated rings. The monoisotopic (exact) mass is 511 g/mol. The molecule has 0 saturated carbocycles. The van der Waals surface area contributed by atoms with Gasteiger partial charge in [0.1, 0.15) is 29.3 Å². The number of fused-ring (bicyclic) bond motifs is 1. The fraction of sp³-hybridized carbons (Fsp3) is 0.500. The summed E-state index contributed by atoms with van der Waals surface area (Å²) in [5.41, 5.74) is 5.91. The van der Waals surface area contributed by atoms with Gasteiger partial charge in [-0.15, -0.1) is 23.4 Å². The Morgan fingerprint density at radius 3 is 2.61 bits per heavy atom. The number of nitrogens with two attached hydrogens (primary N) is 1. The maximum atomic E-state index is 10.7. The van der Waals surface area contributed by atoms with Crippen LogP contribution in [-0.4, -0.2) is 81.8 Å². The predicted molar refractivity (Wildman–Crippen MR) is 125 cm³/mol. The molecule has 2 aliphatic rings. The number of aliphatic hydroxyl groups is 2. The summed E-state index contributed by atoms with van der Waals surface area (Å²) in [7, 11) is 0. The van der Waals surface area contributed by atoms with Crippen molar-refractivity contribution in [1.82, 2.24) is 29.4 Å². The van der Waals surface area contributed by atoms with Crippen molar-refractivity contribution in [2.75, 3.05) is 18.8 Å². The number of nitrogen functional groups attached to an aromatic ring is 1. The Bertz CT molecular complexity index is 1120. The van der Waals surface area contributed by atoms with E-state index in [0.717, 1.165) is 25.9 Å². The minimum Gasteiger partial charge on any atom is -0.387 e. The molecule has 33 heavy (non-hydrogen) atoms. The van der Waals surface area contributed by atoms with Gasteiger partial charge in [-0.05, 0) is 36.6 Å². The first-order chi connectivity index (χ1) is 15.9. The normalized spacial score (nSPS) is 27.9. The lowest BCUT2D eigenvalue weighted by Crippen LogP contribution is -2.49. The summed E-state index contributed by atoms with van der Waals surface area (Å²) < 4.78 is 7.54. The maximum absolute atomic E-state index is 10.7. The lowest BCUT2D eigenvalue weighted by atomic mass is 10.1. The zero-order valence-corrected chi connectivity index (χ0v) is 19.7. The Morgan fingerprint density at radius 1 is 1.15 bits per heavy atom. The third-order valence-corrected chi connectivity index (χ3v) is 8.06. The molecule has 2 saturated heterocycles. The summed E-state index contributed by atoms with van der Waals surface area (Å²) in [6, 6.07) is 4.02. The highest BCUT2D eigenvalue weighted by atomic mass is 35.5. The number of aliphatic hydroxyl groups excluding tert-OH is 2. The number of rotatable bonds is 5. The van der Waals surface area contributed by atoms with E-state index >= 15 is 0 Å². The van der Waals surface area contributed by atoms with Crippen LogP contribution in [0, 0.1) is 0 Å². The lowest BCUT2D eigenvalue weighted by Gasteiger charge is -2.37. The molecular weight excluding hydrogens is 489 g/mol. The van der Waals surface area contributed by atoms with Crippen molar-refractivity contribution < 1.29 is 14.9 Å². The van der Waals surface area contributed by atoms with Crippen molar-refractivity contribution in [2.24, 2.45) is 0 Å². The van der Waals surface area contributed by atoms with Crippen LogP contribution >= 0.6 is 35.0 Å². The number of ether oxygens (including phenoxy) is 1. The number of alkyl halides is 1. The number of hydrogen-bond donors (Lipinski definition) is 3. The summed E-state index contributed by atoms with van der Waals surface area (Å²) in [5, 5.41) is 21.9. The van der Waals surface area contributed by atoms with Gasteiger partial charge >= 0.3 is 0 Å².